The third-order valence-corrected chi connectivity index (χ3v) is 3.48. The first-order chi connectivity index (χ1) is 10.3. The average molecular weight is 291 g/mol. The first kappa shape index (κ1) is 15.8. The van der Waals surface area contributed by atoms with Gasteiger partial charge in [-0.15, -0.1) is 0 Å². The second kappa shape index (κ2) is 8.67. The minimum Gasteiger partial charge on any atom is -0.491 e. The fourth-order valence-electron chi connectivity index (χ4n) is 2.10. The van der Waals surface area contributed by atoms with Gasteiger partial charge in [0, 0.05) is 12.1 Å². The van der Waals surface area contributed by atoms with Crippen molar-refractivity contribution in [2.75, 3.05) is 18.5 Å². The van der Waals surface area contributed by atoms with Crippen LogP contribution >= 0.6 is 0 Å². The van der Waals surface area contributed by atoms with E-state index in [0.29, 0.717) is 13.0 Å². The zero-order chi connectivity index (χ0) is 14.9. The van der Waals surface area contributed by atoms with Gasteiger partial charge in [0.15, 0.2) is 0 Å². The van der Waals surface area contributed by atoms with Crippen LogP contribution in [0.2, 0.25) is 0 Å². The molecular weight excluding hydrogens is 266 g/mol. The molecule has 1 unspecified atom stereocenters. The maximum Gasteiger partial charge on any atom is 0.224 e. The summed E-state index contributed by atoms with van der Waals surface area (Å²) in [6, 6.07) is 7.49. The summed E-state index contributed by atoms with van der Waals surface area (Å²) in [5, 5.41) is 2.92. The Bertz CT molecular complexity index is 426. The Hall–Kier alpha value is -1.55. The summed E-state index contributed by atoms with van der Waals surface area (Å²) in [5.41, 5.74) is 0.823. The quantitative estimate of drug-likeness (QED) is 0.527. The van der Waals surface area contributed by atoms with Gasteiger partial charge in [-0.25, -0.2) is 0 Å². The van der Waals surface area contributed by atoms with Crippen molar-refractivity contribution in [3.63, 3.8) is 0 Å². The minimum atomic E-state index is 0.0894. The molecule has 0 aromatic heterocycles. The van der Waals surface area contributed by atoms with Gasteiger partial charge in [0.2, 0.25) is 5.91 Å². The van der Waals surface area contributed by atoms with Crippen LogP contribution < -0.4 is 10.1 Å². The number of carbonyl (C=O) groups excluding carboxylic acids is 1. The molecule has 2 rings (SSSR count). The SMILES string of the molecule is CCCCCCCC(=O)Nc1ccc(OCC2CO2)cc1. The van der Waals surface area contributed by atoms with Crippen molar-refractivity contribution >= 4 is 11.6 Å². The van der Waals surface area contributed by atoms with E-state index in [1.54, 1.807) is 0 Å². The van der Waals surface area contributed by atoms with Gasteiger partial charge < -0.3 is 14.8 Å². The van der Waals surface area contributed by atoms with Crippen molar-refractivity contribution in [2.24, 2.45) is 0 Å². The normalized spacial score (nSPS) is 16.5. The Morgan fingerprint density at radius 2 is 1.95 bits per heavy atom. The van der Waals surface area contributed by atoms with Crippen LogP contribution in [0.5, 0.6) is 5.75 Å². The highest BCUT2D eigenvalue weighted by atomic mass is 16.6. The van der Waals surface area contributed by atoms with Crippen LogP contribution in [-0.2, 0) is 9.53 Å². The molecule has 1 saturated heterocycles. The van der Waals surface area contributed by atoms with E-state index < -0.39 is 0 Å². The Morgan fingerprint density at radius 3 is 2.62 bits per heavy atom. The molecule has 21 heavy (non-hydrogen) atoms. The van der Waals surface area contributed by atoms with E-state index in [9.17, 15) is 4.79 Å². The summed E-state index contributed by atoms with van der Waals surface area (Å²) < 4.78 is 10.6. The highest BCUT2D eigenvalue weighted by molar-refractivity contribution is 5.90. The number of ether oxygens (including phenoxy) is 2. The molecule has 0 bridgehead atoms. The summed E-state index contributed by atoms with van der Waals surface area (Å²) in [6.07, 6.45) is 6.67. The molecule has 0 aliphatic carbocycles. The number of anilines is 1. The van der Waals surface area contributed by atoms with Crippen LogP contribution in [0.4, 0.5) is 5.69 Å². The summed E-state index contributed by atoms with van der Waals surface area (Å²) >= 11 is 0. The molecular formula is C17H25NO3. The van der Waals surface area contributed by atoms with Gasteiger partial charge in [-0.1, -0.05) is 32.6 Å². The number of unbranched alkanes of at least 4 members (excludes halogenated alkanes) is 4. The van der Waals surface area contributed by atoms with Gasteiger partial charge in [-0.05, 0) is 30.7 Å². The molecule has 0 saturated carbocycles. The van der Waals surface area contributed by atoms with Crippen molar-refractivity contribution in [3.8, 4) is 5.75 Å². The van der Waals surface area contributed by atoms with Crippen LogP contribution in [0.25, 0.3) is 0 Å². The number of amides is 1. The first-order valence-electron chi connectivity index (χ1n) is 7.92. The number of nitrogens with one attached hydrogen (secondary N) is 1. The standard InChI is InChI=1S/C17H25NO3/c1-2-3-4-5-6-7-17(19)18-14-8-10-15(11-9-14)20-12-16-13-21-16/h8-11,16H,2-7,12-13H2,1H3,(H,18,19). The lowest BCUT2D eigenvalue weighted by Crippen LogP contribution is -2.11. The molecule has 116 valence electrons. The number of hydrogen-bond donors (Lipinski definition) is 1. The Balaban J connectivity index is 1.63. The summed E-state index contributed by atoms with van der Waals surface area (Å²) in [6.45, 7) is 3.59. The summed E-state index contributed by atoms with van der Waals surface area (Å²) in [4.78, 5) is 11.8. The molecule has 1 atom stereocenters. The molecule has 1 aromatic carbocycles. The van der Waals surface area contributed by atoms with E-state index in [0.717, 1.165) is 30.9 Å². The van der Waals surface area contributed by atoms with Gasteiger partial charge in [0.05, 0.1) is 6.61 Å². The number of carbonyl (C=O) groups is 1. The highest BCUT2D eigenvalue weighted by Gasteiger charge is 2.22. The third kappa shape index (κ3) is 6.63. The third-order valence-electron chi connectivity index (χ3n) is 3.48. The monoisotopic (exact) mass is 291 g/mol. The van der Waals surface area contributed by atoms with Crippen molar-refractivity contribution in [2.45, 2.75) is 51.6 Å². The minimum absolute atomic E-state index is 0.0894. The second-order valence-electron chi connectivity index (χ2n) is 5.50. The van der Waals surface area contributed by atoms with Crippen molar-refractivity contribution < 1.29 is 14.3 Å². The molecule has 1 aliphatic heterocycles. The Morgan fingerprint density at radius 1 is 1.24 bits per heavy atom. The molecule has 4 heteroatoms. The van der Waals surface area contributed by atoms with Crippen LogP contribution in [0.3, 0.4) is 0 Å². The van der Waals surface area contributed by atoms with E-state index in [2.05, 4.69) is 12.2 Å². The highest BCUT2D eigenvalue weighted by Crippen LogP contribution is 2.18. The largest absolute Gasteiger partial charge is 0.491 e. The van der Waals surface area contributed by atoms with Crippen LogP contribution in [0, 0.1) is 0 Å². The molecule has 1 N–H and O–H groups in total. The number of benzene rings is 1. The number of hydrogen-bond acceptors (Lipinski definition) is 3. The number of epoxide rings is 1. The van der Waals surface area contributed by atoms with E-state index >= 15 is 0 Å². The van der Waals surface area contributed by atoms with Crippen LogP contribution in [0.15, 0.2) is 24.3 Å². The molecule has 0 spiro atoms. The smallest absolute Gasteiger partial charge is 0.224 e. The van der Waals surface area contributed by atoms with E-state index in [-0.39, 0.29) is 12.0 Å². The molecule has 1 aromatic rings. The molecule has 1 fully saturated rings. The maximum atomic E-state index is 11.8. The van der Waals surface area contributed by atoms with Crippen molar-refractivity contribution in [1.82, 2.24) is 0 Å². The second-order valence-corrected chi connectivity index (χ2v) is 5.50. The fourth-order valence-corrected chi connectivity index (χ4v) is 2.10. The van der Waals surface area contributed by atoms with E-state index in [1.165, 1.54) is 19.3 Å². The van der Waals surface area contributed by atoms with Gasteiger partial charge in [0.25, 0.3) is 0 Å². The zero-order valence-corrected chi connectivity index (χ0v) is 12.8. The maximum absolute atomic E-state index is 11.8. The van der Waals surface area contributed by atoms with Crippen LogP contribution in [0.1, 0.15) is 45.4 Å². The predicted molar refractivity (Wildman–Crippen MR) is 83.7 cm³/mol. The molecule has 1 heterocycles. The topological polar surface area (TPSA) is 50.9 Å². The lowest BCUT2D eigenvalue weighted by atomic mass is 10.1. The Labute approximate surface area is 126 Å². The van der Waals surface area contributed by atoms with E-state index in [1.807, 2.05) is 24.3 Å². The fraction of sp³-hybridized carbons (Fsp3) is 0.588. The first-order valence-corrected chi connectivity index (χ1v) is 7.92. The van der Waals surface area contributed by atoms with Gasteiger partial charge in [-0.2, -0.15) is 0 Å². The van der Waals surface area contributed by atoms with E-state index in [4.69, 9.17) is 9.47 Å². The molecule has 1 aliphatic rings. The average Bonchev–Trinajstić information content (AvgIpc) is 3.31. The number of rotatable bonds is 10. The molecule has 4 nitrogen and oxygen atoms in total. The van der Waals surface area contributed by atoms with Crippen LogP contribution in [-0.4, -0.2) is 25.2 Å². The van der Waals surface area contributed by atoms with Gasteiger partial charge in [0.1, 0.15) is 18.5 Å². The Kier molecular flexibility index (Phi) is 6.54. The molecule has 1 amide bonds. The zero-order valence-electron chi connectivity index (χ0n) is 12.8. The van der Waals surface area contributed by atoms with Gasteiger partial charge >= 0.3 is 0 Å². The lowest BCUT2D eigenvalue weighted by Gasteiger charge is -2.07. The van der Waals surface area contributed by atoms with Gasteiger partial charge in [-0.3, -0.25) is 4.79 Å². The van der Waals surface area contributed by atoms with Crippen molar-refractivity contribution in [3.05, 3.63) is 24.3 Å². The molecule has 0 radical (unpaired) electrons. The summed E-state index contributed by atoms with van der Waals surface area (Å²) in [5.74, 6) is 0.898. The lowest BCUT2D eigenvalue weighted by molar-refractivity contribution is -0.116. The van der Waals surface area contributed by atoms with Crippen molar-refractivity contribution in [1.29, 1.82) is 0 Å². The predicted octanol–water partition coefficient (Wildman–Crippen LogP) is 3.76. The summed E-state index contributed by atoms with van der Waals surface area (Å²) in [7, 11) is 0.